The summed E-state index contributed by atoms with van der Waals surface area (Å²) in [6.07, 6.45) is 3.22. The maximum atomic E-state index is 12.7. The number of benzene rings is 1. The van der Waals surface area contributed by atoms with E-state index in [4.69, 9.17) is 0 Å². The van der Waals surface area contributed by atoms with Crippen LogP contribution in [0.5, 0.6) is 0 Å². The van der Waals surface area contributed by atoms with Gasteiger partial charge in [0.2, 0.25) is 0 Å². The number of urea groups is 1. The van der Waals surface area contributed by atoms with E-state index in [0.717, 1.165) is 30.5 Å². The molecule has 0 spiro atoms. The van der Waals surface area contributed by atoms with Gasteiger partial charge in [-0.1, -0.05) is 31.0 Å². The van der Waals surface area contributed by atoms with Crippen molar-refractivity contribution in [1.29, 1.82) is 0 Å². The molecule has 0 bridgehead atoms. The van der Waals surface area contributed by atoms with Crippen LogP contribution in [0, 0.1) is 6.92 Å². The zero-order chi connectivity index (χ0) is 15.4. The van der Waals surface area contributed by atoms with E-state index in [2.05, 4.69) is 0 Å². The van der Waals surface area contributed by atoms with Gasteiger partial charge in [0.1, 0.15) is 6.04 Å². The van der Waals surface area contributed by atoms with Crippen molar-refractivity contribution in [3.63, 3.8) is 0 Å². The Labute approximate surface area is 125 Å². The fourth-order valence-corrected chi connectivity index (χ4v) is 2.83. The van der Waals surface area contributed by atoms with E-state index in [9.17, 15) is 14.7 Å². The monoisotopic (exact) mass is 290 g/mol. The Morgan fingerprint density at radius 2 is 1.95 bits per heavy atom. The molecule has 2 rings (SSSR count). The Bertz CT molecular complexity index is 530. The first-order valence-corrected chi connectivity index (χ1v) is 7.35. The van der Waals surface area contributed by atoms with Crippen molar-refractivity contribution in [3.8, 4) is 0 Å². The molecule has 0 saturated carbocycles. The topological polar surface area (TPSA) is 60.9 Å². The fraction of sp³-hybridized carbons (Fsp3) is 0.500. The van der Waals surface area contributed by atoms with Crippen molar-refractivity contribution >= 4 is 17.7 Å². The van der Waals surface area contributed by atoms with E-state index in [0.29, 0.717) is 13.0 Å². The van der Waals surface area contributed by atoms with E-state index in [1.165, 1.54) is 4.90 Å². The molecule has 0 radical (unpaired) electrons. The van der Waals surface area contributed by atoms with Gasteiger partial charge in [-0.2, -0.15) is 0 Å². The van der Waals surface area contributed by atoms with Crippen molar-refractivity contribution in [3.05, 3.63) is 29.8 Å². The highest BCUT2D eigenvalue weighted by molar-refractivity contribution is 5.94. The summed E-state index contributed by atoms with van der Waals surface area (Å²) in [5, 5.41) is 9.38. The molecule has 1 aromatic rings. The van der Waals surface area contributed by atoms with Gasteiger partial charge in [0.15, 0.2) is 0 Å². The molecule has 1 unspecified atom stereocenters. The number of nitrogens with zero attached hydrogens (tertiary/aromatic N) is 2. The summed E-state index contributed by atoms with van der Waals surface area (Å²) >= 11 is 0. The Balaban J connectivity index is 2.24. The van der Waals surface area contributed by atoms with E-state index in [1.807, 2.05) is 31.2 Å². The molecular formula is C16H22N2O3. The van der Waals surface area contributed by atoms with Crippen molar-refractivity contribution in [2.24, 2.45) is 0 Å². The minimum Gasteiger partial charge on any atom is -0.480 e. The van der Waals surface area contributed by atoms with Crippen molar-refractivity contribution < 1.29 is 14.7 Å². The zero-order valence-corrected chi connectivity index (χ0v) is 12.6. The second-order valence-electron chi connectivity index (χ2n) is 5.52. The highest BCUT2D eigenvalue weighted by Crippen LogP contribution is 2.23. The molecule has 2 amide bonds. The number of para-hydroxylation sites is 1. The average molecular weight is 290 g/mol. The van der Waals surface area contributed by atoms with Crippen LogP contribution in [0.4, 0.5) is 10.5 Å². The average Bonchev–Trinajstić information content (AvgIpc) is 2.72. The van der Waals surface area contributed by atoms with Crippen LogP contribution in [0.1, 0.15) is 31.2 Å². The third-order valence-corrected chi connectivity index (χ3v) is 4.05. The Kier molecular flexibility index (Phi) is 4.83. The van der Waals surface area contributed by atoms with Crippen LogP contribution < -0.4 is 4.90 Å². The van der Waals surface area contributed by atoms with Crippen LogP contribution in [0.25, 0.3) is 0 Å². The first-order valence-electron chi connectivity index (χ1n) is 7.35. The molecule has 21 heavy (non-hydrogen) atoms. The second kappa shape index (κ2) is 6.61. The number of rotatable bonds is 2. The van der Waals surface area contributed by atoms with Crippen molar-refractivity contribution in [2.45, 2.75) is 38.6 Å². The van der Waals surface area contributed by atoms with E-state index in [-0.39, 0.29) is 6.03 Å². The van der Waals surface area contributed by atoms with E-state index < -0.39 is 12.0 Å². The highest BCUT2D eigenvalue weighted by atomic mass is 16.4. The summed E-state index contributed by atoms with van der Waals surface area (Å²) in [6, 6.07) is 6.66. The number of aliphatic carboxylic acids is 1. The van der Waals surface area contributed by atoms with Crippen LogP contribution in [-0.4, -0.2) is 41.6 Å². The van der Waals surface area contributed by atoms with Gasteiger partial charge in [-0.05, 0) is 31.4 Å². The summed E-state index contributed by atoms with van der Waals surface area (Å²) in [5.41, 5.74) is 1.81. The van der Waals surface area contributed by atoms with Gasteiger partial charge in [0.05, 0.1) is 0 Å². The normalized spacial score (nSPS) is 19.0. The van der Waals surface area contributed by atoms with Crippen LogP contribution in [0.2, 0.25) is 0 Å². The van der Waals surface area contributed by atoms with Gasteiger partial charge in [0, 0.05) is 19.3 Å². The lowest BCUT2D eigenvalue weighted by atomic mass is 10.1. The first kappa shape index (κ1) is 15.4. The highest BCUT2D eigenvalue weighted by Gasteiger charge is 2.32. The Hall–Kier alpha value is -2.04. The van der Waals surface area contributed by atoms with Gasteiger partial charge in [0.25, 0.3) is 0 Å². The van der Waals surface area contributed by atoms with Gasteiger partial charge in [-0.3, -0.25) is 4.90 Å². The molecule has 1 aliphatic heterocycles. The van der Waals surface area contributed by atoms with Gasteiger partial charge in [-0.25, -0.2) is 9.59 Å². The largest absolute Gasteiger partial charge is 0.480 e. The number of carboxylic acid groups (broad SMARTS) is 1. The maximum absolute atomic E-state index is 12.7. The molecular weight excluding hydrogens is 268 g/mol. The predicted octanol–water partition coefficient (Wildman–Crippen LogP) is 2.88. The minimum absolute atomic E-state index is 0.237. The summed E-state index contributed by atoms with van der Waals surface area (Å²) in [7, 11) is 1.70. The molecule has 1 aromatic carbocycles. The number of carbonyl (C=O) groups excluding carboxylic acids is 1. The third-order valence-electron chi connectivity index (χ3n) is 4.05. The van der Waals surface area contributed by atoms with Crippen LogP contribution in [0.3, 0.4) is 0 Å². The summed E-state index contributed by atoms with van der Waals surface area (Å²) in [4.78, 5) is 27.2. The minimum atomic E-state index is -0.913. The predicted molar refractivity (Wildman–Crippen MR) is 81.6 cm³/mol. The SMILES string of the molecule is Cc1ccccc1N(C)C(=O)N1CCCCCC1C(=O)O. The lowest BCUT2D eigenvalue weighted by Crippen LogP contribution is -2.50. The van der Waals surface area contributed by atoms with Crippen molar-refractivity contribution in [1.82, 2.24) is 4.90 Å². The fourth-order valence-electron chi connectivity index (χ4n) is 2.83. The lowest BCUT2D eigenvalue weighted by molar-refractivity contribution is -0.142. The summed E-state index contributed by atoms with van der Waals surface area (Å²) in [5.74, 6) is -0.913. The van der Waals surface area contributed by atoms with Crippen LogP contribution in [0.15, 0.2) is 24.3 Å². The number of aryl methyl sites for hydroxylation is 1. The molecule has 1 fully saturated rings. The molecule has 1 N–H and O–H groups in total. The molecule has 114 valence electrons. The summed E-state index contributed by atoms with van der Waals surface area (Å²) < 4.78 is 0. The number of likely N-dealkylation sites (tertiary alicyclic amines) is 1. The van der Waals surface area contributed by atoms with E-state index >= 15 is 0 Å². The quantitative estimate of drug-likeness (QED) is 0.911. The van der Waals surface area contributed by atoms with Gasteiger partial charge >= 0.3 is 12.0 Å². The summed E-state index contributed by atoms with van der Waals surface area (Å²) in [6.45, 7) is 2.45. The molecule has 1 saturated heterocycles. The molecule has 1 atom stereocenters. The maximum Gasteiger partial charge on any atom is 0.326 e. The molecule has 1 heterocycles. The lowest BCUT2D eigenvalue weighted by Gasteiger charge is -2.31. The van der Waals surface area contributed by atoms with Crippen LogP contribution >= 0.6 is 0 Å². The molecule has 1 aliphatic rings. The smallest absolute Gasteiger partial charge is 0.326 e. The van der Waals surface area contributed by atoms with Gasteiger partial charge in [-0.15, -0.1) is 0 Å². The van der Waals surface area contributed by atoms with Gasteiger partial charge < -0.3 is 10.0 Å². The molecule has 5 heteroatoms. The number of anilines is 1. The number of hydrogen-bond donors (Lipinski definition) is 1. The molecule has 5 nitrogen and oxygen atoms in total. The first-order chi connectivity index (χ1) is 10.0. The Morgan fingerprint density at radius 3 is 2.62 bits per heavy atom. The van der Waals surface area contributed by atoms with E-state index in [1.54, 1.807) is 11.9 Å². The number of carbonyl (C=O) groups is 2. The third kappa shape index (κ3) is 3.35. The molecule has 0 aromatic heterocycles. The standard InChI is InChI=1S/C16H22N2O3/c1-12-8-5-6-9-13(12)17(2)16(21)18-11-7-3-4-10-14(18)15(19)20/h5-6,8-9,14H,3-4,7,10-11H2,1-2H3,(H,19,20). The zero-order valence-electron chi connectivity index (χ0n) is 12.6. The van der Waals surface area contributed by atoms with Crippen molar-refractivity contribution in [2.75, 3.05) is 18.5 Å². The number of carboxylic acids is 1. The molecule has 0 aliphatic carbocycles. The number of hydrogen-bond acceptors (Lipinski definition) is 2. The number of amides is 2. The Morgan fingerprint density at radius 1 is 1.24 bits per heavy atom. The second-order valence-corrected chi connectivity index (χ2v) is 5.52. The van der Waals surface area contributed by atoms with Crippen LogP contribution in [-0.2, 0) is 4.79 Å².